The van der Waals surface area contributed by atoms with Crippen LogP contribution in [-0.2, 0) is 4.74 Å². The molecule has 0 aliphatic heterocycles. The molecule has 0 fully saturated rings. The van der Waals surface area contributed by atoms with E-state index >= 15 is 0 Å². The first-order chi connectivity index (χ1) is 9.70. The van der Waals surface area contributed by atoms with Gasteiger partial charge in [0.15, 0.2) is 11.6 Å². The van der Waals surface area contributed by atoms with Crippen LogP contribution in [0.3, 0.4) is 0 Å². The van der Waals surface area contributed by atoms with Gasteiger partial charge >= 0.3 is 6.09 Å². The molecular weight excluding hydrogens is 283 g/mol. The molecule has 0 radical (unpaired) electrons. The van der Waals surface area contributed by atoms with Gasteiger partial charge in [-0.2, -0.15) is 0 Å². The number of alkyl carbamates (subject to hydrolysis) is 1. The lowest BCUT2D eigenvalue weighted by molar-refractivity contribution is 0.0529. The molecule has 21 heavy (non-hydrogen) atoms. The van der Waals surface area contributed by atoms with Gasteiger partial charge in [0.25, 0.3) is 0 Å². The molecule has 3 nitrogen and oxygen atoms in total. The molecule has 0 spiro atoms. The third kappa shape index (κ3) is 5.89. The number of halogens is 3. The van der Waals surface area contributed by atoms with Gasteiger partial charge < -0.3 is 10.1 Å². The molecule has 1 N–H and O–H groups in total. The lowest BCUT2D eigenvalue weighted by atomic mass is 10.1. The Hall–Kier alpha value is -1.98. The summed E-state index contributed by atoms with van der Waals surface area (Å²) in [4.78, 5) is 11.3. The van der Waals surface area contributed by atoms with E-state index in [0.717, 1.165) is 18.2 Å². The summed E-state index contributed by atoms with van der Waals surface area (Å²) in [5.74, 6) is -3.18. The lowest BCUT2D eigenvalue weighted by Gasteiger charge is -2.19. The van der Waals surface area contributed by atoms with E-state index in [4.69, 9.17) is 4.74 Å². The second kappa shape index (κ2) is 7.15. The Bertz CT molecular complexity index is 536. The van der Waals surface area contributed by atoms with Crippen LogP contribution < -0.4 is 5.32 Å². The minimum absolute atomic E-state index is 0.240. The largest absolute Gasteiger partial charge is 0.444 e. The highest BCUT2D eigenvalue weighted by Gasteiger charge is 2.15. The maximum absolute atomic E-state index is 13.3. The maximum Gasteiger partial charge on any atom is 0.407 e. The molecule has 0 saturated carbocycles. The van der Waals surface area contributed by atoms with Gasteiger partial charge in [-0.1, -0.05) is 12.2 Å². The summed E-state index contributed by atoms with van der Waals surface area (Å²) in [6.45, 7) is 5.45. The van der Waals surface area contributed by atoms with Crippen LogP contribution in [0.25, 0.3) is 6.08 Å². The van der Waals surface area contributed by atoms with E-state index in [2.05, 4.69) is 5.32 Å². The number of carbonyl (C=O) groups excluding carboxylic acids is 1. The predicted molar refractivity (Wildman–Crippen MR) is 74.2 cm³/mol. The Kier molecular flexibility index (Phi) is 5.81. The fourth-order valence-corrected chi connectivity index (χ4v) is 1.47. The number of carbonyl (C=O) groups is 1. The zero-order valence-electron chi connectivity index (χ0n) is 12.2. The molecule has 116 valence electrons. The highest BCUT2D eigenvalue weighted by molar-refractivity contribution is 5.67. The molecule has 1 amide bonds. The predicted octanol–water partition coefficient (Wildman–Crippen LogP) is 4.03. The molecule has 0 atom stereocenters. The van der Waals surface area contributed by atoms with Gasteiger partial charge in [0, 0.05) is 12.1 Å². The van der Waals surface area contributed by atoms with E-state index in [0.29, 0.717) is 6.42 Å². The van der Waals surface area contributed by atoms with E-state index in [1.165, 1.54) is 6.08 Å². The number of amides is 1. The molecular formula is C15H18F3NO2. The molecule has 0 aliphatic rings. The van der Waals surface area contributed by atoms with E-state index < -0.39 is 34.7 Å². The van der Waals surface area contributed by atoms with Crippen LogP contribution >= 0.6 is 0 Å². The summed E-state index contributed by atoms with van der Waals surface area (Å²) >= 11 is 0. The van der Waals surface area contributed by atoms with Crippen molar-refractivity contribution in [3.05, 3.63) is 41.2 Å². The van der Waals surface area contributed by atoms with E-state index in [-0.39, 0.29) is 6.54 Å². The Morgan fingerprint density at radius 3 is 2.48 bits per heavy atom. The lowest BCUT2D eigenvalue weighted by Crippen LogP contribution is -2.32. The SMILES string of the molecule is CC(C)(C)OC(=O)NCCC=Cc1c(F)ccc(F)c1F. The Morgan fingerprint density at radius 2 is 1.86 bits per heavy atom. The second-order valence-electron chi connectivity index (χ2n) is 5.38. The Labute approximate surface area is 121 Å². The minimum Gasteiger partial charge on any atom is -0.444 e. The van der Waals surface area contributed by atoms with E-state index in [1.807, 2.05) is 0 Å². The quantitative estimate of drug-likeness (QED) is 0.673. The van der Waals surface area contributed by atoms with Crippen molar-refractivity contribution >= 4 is 12.2 Å². The number of benzene rings is 1. The van der Waals surface area contributed by atoms with Crippen LogP contribution in [0.5, 0.6) is 0 Å². The van der Waals surface area contributed by atoms with Gasteiger partial charge in [0.1, 0.15) is 11.4 Å². The summed E-state index contributed by atoms with van der Waals surface area (Å²) in [6, 6.07) is 1.59. The molecule has 0 heterocycles. The van der Waals surface area contributed by atoms with Gasteiger partial charge in [-0.25, -0.2) is 18.0 Å². The summed E-state index contributed by atoms with van der Waals surface area (Å²) in [7, 11) is 0. The third-order valence-corrected chi connectivity index (χ3v) is 2.34. The topological polar surface area (TPSA) is 38.3 Å². The number of hydrogen-bond donors (Lipinski definition) is 1. The summed E-state index contributed by atoms with van der Waals surface area (Å²) in [5.41, 5.74) is -1.03. The number of rotatable bonds is 4. The van der Waals surface area contributed by atoms with Gasteiger partial charge in [-0.05, 0) is 39.3 Å². The van der Waals surface area contributed by atoms with Crippen molar-refractivity contribution in [2.24, 2.45) is 0 Å². The first-order valence-corrected chi connectivity index (χ1v) is 6.47. The number of hydrogen-bond acceptors (Lipinski definition) is 2. The van der Waals surface area contributed by atoms with Crippen LogP contribution in [0.2, 0.25) is 0 Å². The molecule has 0 aromatic heterocycles. The van der Waals surface area contributed by atoms with Gasteiger partial charge in [-0.3, -0.25) is 0 Å². The van der Waals surface area contributed by atoms with Gasteiger partial charge in [0.05, 0.1) is 0 Å². The van der Waals surface area contributed by atoms with Crippen molar-refractivity contribution < 1.29 is 22.7 Å². The van der Waals surface area contributed by atoms with E-state index in [1.54, 1.807) is 20.8 Å². The standard InChI is InChI=1S/C15H18F3NO2/c1-15(2,3)21-14(20)19-9-5-4-6-10-11(16)7-8-12(17)13(10)18/h4,6-8H,5,9H2,1-3H3,(H,19,20). The van der Waals surface area contributed by atoms with Crippen molar-refractivity contribution in [2.45, 2.75) is 32.8 Å². The monoisotopic (exact) mass is 301 g/mol. The van der Waals surface area contributed by atoms with E-state index in [9.17, 15) is 18.0 Å². The molecule has 0 bridgehead atoms. The van der Waals surface area contributed by atoms with Crippen molar-refractivity contribution in [1.29, 1.82) is 0 Å². The summed E-state index contributed by atoms with van der Waals surface area (Å²) < 4.78 is 44.6. The zero-order valence-corrected chi connectivity index (χ0v) is 12.2. The fraction of sp³-hybridized carbons (Fsp3) is 0.400. The zero-order chi connectivity index (χ0) is 16.0. The smallest absolute Gasteiger partial charge is 0.407 e. The Morgan fingerprint density at radius 1 is 1.24 bits per heavy atom. The van der Waals surface area contributed by atoms with Crippen LogP contribution in [-0.4, -0.2) is 18.2 Å². The average molecular weight is 301 g/mol. The molecule has 0 unspecified atom stereocenters. The Balaban J connectivity index is 2.47. The highest BCUT2D eigenvalue weighted by Crippen LogP contribution is 2.17. The number of nitrogens with one attached hydrogen (secondary N) is 1. The first kappa shape index (κ1) is 17.1. The molecule has 1 aromatic carbocycles. The molecule has 0 saturated heterocycles. The summed E-state index contributed by atoms with van der Waals surface area (Å²) in [6.07, 6.45) is 2.34. The second-order valence-corrected chi connectivity index (χ2v) is 5.38. The van der Waals surface area contributed by atoms with Crippen molar-refractivity contribution in [2.75, 3.05) is 6.54 Å². The highest BCUT2D eigenvalue weighted by atomic mass is 19.2. The van der Waals surface area contributed by atoms with Gasteiger partial charge in [-0.15, -0.1) is 0 Å². The average Bonchev–Trinajstić information content (AvgIpc) is 2.35. The third-order valence-electron chi connectivity index (χ3n) is 2.34. The van der Waals surface area contributed by atoms with Crippen LogP contribution in [0.15, 0.2) is 18.2 Å². The normalized spacial score (nSPS) is 11.7. The van der Waals surface area contributed by atoms with Crippen LogP contribution in [0.1, 0.15) is 32.8 Å². The van der Waals surface area contributed by atoms with Crippen molar-refractivity contribution in [3.8, 4) is 0 Å². The molecule has 6 heteroatoms. The van der Waals surface area contributed by atoms with Crippen molar-refractivity contribution in [3.63, 3.8) is 0 Å². The summed E-state index contributed by atoms with van der Waals surface area (Å²) in [5, 5.41) is 2.49. The fourth-order valence-electron chi connectivity index (χ4n) is 1.47. The first-order valence-electron chi connectivity index (χ1n) is 6.47. The van der Waals surface area contributed by atoms with Crippen molar-refractivity contribution in [1.82, 2.24) is 5.32 Å². The van der Waals surface area contributed by atoms with Gasteiger partial charge in [0.2, 0.25) is 0 Å². The molecule has 1 rings (SSSR count). The molecule has 0 aliphatic carbocycles. The maximum atomic E-state index is 13.3. The minimum atomic E-state index is -1.23. The van der Waals surface area contributed by atoms with Crippen LogP contribution in [0.4, 0.5) is 18.0 Å². The number of ether oxygens (including phenoxy) is 1. The molecule has 1 aromatic rings. The van der Waals surface area contributed by atoms with Crippen LogP contribution in [0, 0.1) is 17.5 Å².